The zero-order chi connectivity index (χ0) is 14.9. The number of allylic oxidation sites excluding steroid dienone is 2. The summed E-state index contributed by atoms with van der Waals surface area (Å²) in [6, 6.07) is 0. The van der Waals surface area contributed by atoms with Crippen LogP contribution in [-0.4, -0.2) is 6.71 Å². The van der Waals surface area contributed by atoms with Crippen molar-refractivity contribution >= 4 is 6.71 Å². The number of unbranched alkanes of at least 4 members (excludes halogenated alkanes) is 2. The van der Waals surface area contributed by atoms with Crippen LogP contribution in [0.25, 0.3) is 0 Å². The standard InChI is InChI=1S/C20H37B/c1-3-5-8-17-20(18-13-9-6-10-14-18)21(4-2)19-15-11-7-12-16-19/h17-19H,3-16H2,1-2H3/b20-17-. The molecule has 2 fully saturated rings. The fraction of sp³-hybridized carbons (Fsp3) is 0.900. The molecule has 0 aromatic heterocycles. The monoisotopic (exact) mass is 288 g/mol. The average Bonchev–Trinajstić information content (AvgIpc) is 2.56. The van der Waals surface area contributed by atoms with Crippen LogP contribution in [0.3, 0.4) is 0 Å². The highest BCUT2D eigenvalue weighted by atomic mass is 14.2. The lowest BCUT2D eigenvalue weighted by Gasteiger charge is -2.34. The third-order valence-corrected chi connectivity index (χ3v) is 6.10. The predicted octanol–water partition coefficient (Wildman–Crippen LogP) is 7.07. The van der Waals surface area contributed by atoms with Gasteiger partial charge in [-0.1, -0.05) is 96.3 Å². The topological polar surface area (TPSA) is 0 Å². The molecule has 0 aromatic rings. The van der Waals surface area contributed by atoms with Crippen molar-refractivity contribution in [1.29, 1.82) is 0 Å². The van der Waals surface area contributed by atoms with E-state index in [1.165, 1.54) is 89.8 Å². The van der Waals surface area contributed by atoms with Gasteiger partial charge in [0.15, 0.2) is 6.71 Å². The smallest absolute Gasteiger partial charge is 0.102 e. The van der Waals surface area contributed by atoms with Crippen LogP contribution in [-0.2, 0) is 0 Å². The van der Waals surface area contributed by atoms with Crippen LogP contribution in [0.5, 0.6) is 0 Å². The minimum atomic E-state index is 0.922. The molecule has 2 aliphatic carbocycles. The summed E-state index contributed by atoms with van der Waals surface area (Å²) in [6.45, 7) is 5.70. The number of hydrogen-bond donors (Lipinski definition) is 0. The minimum Gasteiger partial charge on any atom is -0.102 e. The van der Waals surface area contributed by atoms with E-state index in [2.05, 4.69) is 19.9 Å². The van der Waals surface area contributed by atoms with E-state index in [-0.39, 0.29) is 0 Å². The molecule has 0 aromatic carbocycles. The second-order valence-corrected chi connectivity index (χ2v) is 7.59. The number of rotatable bonds is 7. The number of hydrogen-bond acceptors (Lipinski definition) is 0. The van der Waals surface area contributed by atoms with Crippen molar-refractivity contribution in [3.63, 3.8) is 0 Å². The van der Waals surface area contributed by atoms with Crippen molar-refractivity contribution in [3.8, 4) is 0 Å². The lowest BCUT2D eigenvalue weighted by atomic mass is 9.31. The van der Waals surface area contributed by atoms with Crippen LogP contribution in [0.15, 0.2) is 11.5 Å². The van der Waals surface area contributed by atoms with Crippen LogP contribution < -0.4 is 0 Å². The molecule has 0 amide bonds. The Bertz CT molecular complexity index is 295. The zero-order valence-electron chi connectivity index (χ0n) is 14.7. The van der Waals surface area contributed by atoms with E-state index in [9.17, 15) is 0 Å². The molecular weight excluding hydrogens is 251 g/mol. The normalized spacial score (nSPS) is 22.5. The van der Waals surface area contributed by atoms with Crippen LogP contribution in [0.1, 0.15) is 97.3 Å². The van der Waals surface area contributed by atoms with Crippen molar-refractivity contribution in [2.45, 2.75) is 109 Å². The Hall–Kier alpha value is -0.195. The maximum Gasteiger partial charge on any atom is 0.173 e. The SMILES string of the molecule is CCCC/C=C(\B(CC)C1CCCCC1)C1CCCCC1. The largest absolute Gasteiger partial charge is 0.173 e. The van der Waals surface area contributed by atoms with Crippen molar-refractivity contribution in [2.24, 2.45) is 5.92 Å². The van der Waals surface area contributed by atoms with Gasteiger partial charge in [-0.05, 0) is 25.2 Å². The maximum absolute atomic E-state index is 2.71. The summed E-state index contributed by atoms with van der Waals surface area (Å²) in [6.07, 6.45) is 23.1. The molecule has 0 heterocycles. The van der Waals surface area contributed by atoms with Crippen LogP contribution in [0.2, 0.25) is 12.1 Å². The summed E-state index contributed by atoms with van der Waals surface area (Å²) >= 11 is 0. The van der Waals surface area contributed by atoms with Crippen LogP contribution >= 0.6 is 0 Å². The van der Waals surface area contributed by atoms with Gasteiger partial charge in [-0.2, -0.15) is 0 Å². The minimum absolute atomic E-state index is 0.922. The summed E-state index contributed by atoms with van der Waals surface area (Å²) in [4.78, 5) is 0. The fourth-order valence-electron chi connectivity index (χ4n) is 4.91. The van der Waals surface area contributed by atoms with E-state index in [4.69, 9.17) is 0 Å². The van der Waals surface area contributed by atoms with Gasteiger partial charge in [0.05, 0.1) is 0 Å². The first-order chi connectivity index (χ1) is 10.4. The lowest BCUT2D eigenvalue weighted by Crippen LogP contribution is -2.30. The molecule has 21 heavy (non-hydrogen) atoms. The first-order valence-electron chi connectivity index (χ1n) is 10.1. The van der Waals surface area contributed by atoms with Gasteiger partial charge in [0, 0.05) is 0 Å². The Morgan fingerprint density at radius 1 is 0.905 bits per heavy atom. The summed E-state index contributed by atoms with van der Waals surface area (Å²) in [5.74, 6) is 1.96. The van der Waals surface area contributed by atoms with E-state index in [1.807, 2.05) is 5.47 Å². The molecule has 0 radical (unpaired) electrons. The predicted molar refractivity (Wildman–Crippen MR) is 97.3 cm³/mol. The third-order valence-electron chi connectivity index (χ3n) is 6.10. The van der Waals surface area contributed by atoms with Crippen LogP contribution in [0.4, 0.5) is 0 Å². The molecule has 0 atom stereocenters. The first kappa shape index (κ1) is 17.2. The second kappa shape index (κ2) is 9.75. The molecule has 0 unspecified atom stereocenters. The summed E-state index contributed by atoms with van der Waals surface area (Å²) in [7, 11) is 0. The van der Waals surface area contributed by atoms with Gasteiger partial charge in [-0.3, -0.25) is 0 Å². The van der Waals surface area contributed by atoms with Crippen molar-refractivity contribution in [2.75, 3.05) is 0 Å². The Kier molecular flexibility index (Phi) is 7.97. The molecule has 0 N–H and O–H groups in total. The van der Waals surface area contributed by atoms with E-state index >= 15 is 0 Å². The molecular formula is C20H37B. The molecule has 2 rings (SSSR count). The second-order valence-electron chi connectivity index (χ2n) is 7.59. The Morgan fingerprint density at radius 3 is 2.10 bits per heavy atom. The van der Waals surface area contributed by atoms with Gasteiger partial charge < -0.3 is 0 Å². The van der Waals surface area contributed by atoms with E-state index in [0.717, 1.165) is 18.4 Å². The van der Waals surface area contributed by atoms with Gasteiger partial charge in [-0.15, -0.1) is 5.47 Å². The van der Waals surface area contributed by atoms with E-state index in [0.29, 0.717) is 0 Å². The van der Waals surface area contributed by atoms with Crippen molar-refractivity contribution in [3.05, 3.63) is 11.5 Å². The molecule has 0 saturated heterocycles. The molecule has 0 aliphatic heterocycles. The molecule has 0 spiro atoms. The van der Waals surface area contributed by atoms with Gasteiger partial charge in [0.25, 0.3) is 0 Å². The Morgan fingerprint density at radius 2 is 1.52 bits per heavy atom. The summed E-state index contributed by atoms with van der Waals surface area (Å²) in [5, 5.41) is 0. The molecule has 0 nitrogen and oxygen atoms in total. The van der Waals surface area contributed by atoms with Gasteiger partial charge >= 0.3 is 0 Å². The molecule has 1 heteroatoms. The molecule has 120 valence electrons. The highest BCUT2D eigenvalue weighted by Crippen LogP contribution is 2.40. The van der Waals surface area contributed by atoms with Gasteiger partial charge in [-0.25, -0.2) is 0 Å². The van der Waals surface area contributed by atoms with E-state index in [1.54, 1.807) is 0 Å². The fourth-order valence-corrected chi connectivity index (χ4v) is 4.91. The van der Waals surface area contributed by atoms with E-state index < -0.39 is 0 Å². The third kappa shape index (κ3) is 5.18. The highest BCUT2D eigenvalue weighted by molar-refractivity contribution is 6.68. The first-order valence-corrected chi connectivity index (χ1v) is 10.1. The maximum atomic E-state index is 2.71. The van der Waals surface area contributed by atoms with Gasteiger partial charge in [0.1, 0.15) is 0 Å². The Labute approximate surface area is 134 Å². The summed E-state index contributed by atoms with van der Waals surface area (Å²) in [5.41, 5.74) is 1.91. The lowest BCUT2D eigenvalue weighted by molar-refractivity contribution is 0.408. The average molecular weight is 288 g/mol. The molecule has 2 saturated carbocycles. The van der Waals surface area contributed by atoms with Gasteiger partial charge in [0.2, 0.25) is 0 Å². The zero-order valence-corrected chi connectivity index (χ0v) is 14.7. The molecule has 2 aliphatic rings. The summed E-state index contributed by atoms with van der Waals surface area (Å²) < 4.78 is 0. The van der Waals surface area contributed by atoms with Crippen molar-refractivity contribution < 1.29 is 0 Å². The van der Waals surface area contributed by atoms with Crippen molar-refractivity contribution in [1.82, 2.24) is 0 Å². The molecule has 0 bridgehead atoms. The quantitative estimate of drug-likeness (QED) is 0.347. The Balaban J connectivity index is 2.08. The highest BCUT2D eigenvalue weighted by Gasteiger charge is 2.32. The van der Waals surface area contributed by atoms with Crippen LogP contribution in [0, 0.1) is 5.92 Å².